The van der Waals surface area contributed by atoms with Gasteiger partial charge in [0.15, 0.2) is 11.6 Å². The molecular formula is C13H17F3N2. The predicted octanol–water partition coefficient (Wildman–Crippen LogP) is 2.46. The number of nitrogens with zero attached hydrogens (tertiary/aromatic N) is 1. The van der Waals surface area contributed by atoms with Gasteiger partial charge in [0.1, 0.15) is 5.82 Å². The summed E-state index contributed by atoms with van der Waals surface area (Å²) in [4.78, 5) is 2.10. The van der Waals surface area contributed by atoms with Crippen molar-refractivity contribution in [1.29, 1.82) is 0 Å². The van der Waals surface area contributed by atoms with Crippen molar-refractivity contribution in [1.82, 2.24) is 10.2 Å². The number of piperazine rings is 1. The van der Waals surface area contributed by atoms with Crippen LogP contribution in [0.2, 0.25) is 0 Å². The fraction of sp³-hybridized carbons (Fsp3) is 0.538. The van der Waals surface area contributed by atoms with Crippen LogP contribution in [-0.2, 0) is 0 Å². The monoisotopic (exact) mass is 258 g/mol. The maximum atomic E-state index is 13.8. The predicted molar refractivity (Wildman–Crippen MR) is 63.8 cm³/mol. The van der Waals surface area contributed by atoms with Crippen molar-refractivity contribution in [2.45, 2.75) is 19.4 Å². The first-order valence-electron chi connectivity index (χ1n) is 6.22. The summed E-state index contributed by atoms with van der Waals surface area (Å²) in [5.41, 5.74) is 0.248. The van der Waals surface area contributed by atoms with Gasteiger partial charge in [0.2, 0.25) is 0 Å². The van der Waals surface area contributed by atoms with E-state index in [9.17, 15) is 13.2 Å². The molecule has 0 bridgehead atoms. The molecule has 2 rings (SSSR count). The van der Waals surface area contributed by atoms with Crippen LogP contribution in [0.5, 0.6) is 0 Å². The first-order chi connectivity index (χ1) is 8.63. The van der Waals surface area contributed by atoms with Crippen LogP contribution in [0.15, 0.2) is 12.1 Å². The molecule has 2 nitrogen and oxygen atoms in total. The molecule has 1 aliphatic heterocycles. The van der Waals surface area contributed by atoms with Crippen LogP contribution in [0.25, 0.3) is 0 Å². The van der Waals surface area contributed by atoms with Gasteiger partial charge in [-0.25, -0.2) is 13.2 Å². The zero-order valence-corrected chi connectivity index (χ0v) is 10.3. The van der Waals surface area contributed by atoms with E-state index in [4.69, 9.17) is 0 Å². The molecular weight excluding hydrogens is 241 g/mol. The fourth-order valence-electron chi connectivity index (χ4n) is 2.46. The molecule has 18 heavy (non-hydrogen) atoms. The number of benzene rings is 1. The molecule has 1 aromatic carbocycles. The molecule has 100 valence electrons. The molecule has 0 saturated carbocycles. The minimum Gasteiger partial charge on any atom is -0.314 e. The van der Waals surface area contributed by atoms with Gasteiger partial charge in [-0.05, 0) is 12.5 Å². The van der Waals surface area contributed by atoms with Gasteiger partial charge in [0.05, 0.1) is 0 Å². The molecule has 0 aromatic heterocycles. The second kappa shape index (κ2) is 5.71. The van der Waals surface area contributed by atoms with E-state index in [1.54, 1.807) is 0 Å². The third-order valence-corrected chi connectivity index (χ3v) is 3.38. The van der Waals surface area contributed by atoms with E-state index < -0.39 is 17.5 Å². The average molecular weight is 258 g/mol. The van der Waals surface area contributed by atoms with Gasteiger partial charge < -0.3 is 5.32 Å². The van der Waals surface area contributed by atoms with Crippen molar-refractivity contribution >= 4 is 0 Å². The summed E-state index contributed by atoms with van der Waals surface area (Å²) >= 11 is 0. The van der Waals surface area contributed by atoms with Crippen molar-refractivity contribution in [3.63, 3.8) is 0 Å². The number of rotatable bonds is 3. The molecule has 0 unspecified atom stereocenters. The highest BCUT2D eigenvalue weighted by molar-refractivity contribution is 5.23. The van der Waals surface area contributed by atoms with Crippen LogP contribution in [0.3, 0.4) is 0 Å². The molecule has 1 aliphatic rings. The Labute approximate surface area is 105 Å². The normalized spacial score (nSPS) is 18.9. The van der Waals surface area contributed by atoms with E-state index in [-0.39, 0.29) is 11.6 Å². The number of hydrogen-bond acceptors (Lipinski definition) is 2. The number of halogens is 3. The standard InChI is InChI=1S/C13H17F3N2/c1-2-13(18-5-3-17-4-6-18)9-7-11(15)12(16)8-10(9)14/h7-8,13,17H,2-6H2,1H3/t13-/m1/s1. The summed E-state index contributed by atoms with van der Waals surface area (Å²) in [5.74, 6) is -2.79. The summed E-state index contributed by atoms with van der Waals surface area (Å²) in [7, 11) is 0. The molecule has 1 N–H and O–H groups in total. The maximum absolute atomic E-state index is 13.8. The Hall–Kier alpha value is -1.07. The SMILES string of the molecule is CC[C@H](c1cc(F)c(F)cc1F)N1CCNCC1. The van der Waals surface area contributed by atoms with E-state index >= 15 is 0 Å². The van der Waals surface area contributed by atoms with Gasteiger partial charge in [-0.3, -0.25) is 4.90 Å². The lowest BCUT2D eigenvalue weighted by Crippen LogP contribution is -2.45. The summed E-state index contributed by atoms with van der Waals surface area (Å²) in [5, 5.41) is 3.21. The Kier molecular flexibility index (Phi) is 4.24. The van der Waals surface area contributed by atoms with E-state index in [1.165, 1.54) is 0 Å². The second-order valence-corrected chi connectivity index (χ2v) is 4.50. The highest BCUT2D eigenvalue weighted by Crippen LogP contribution is 2.28. The van der Waals surface area contributed by atoms with Gasteiger partial charge in [-0.1, -0.05) is 6.92 Å². The van der Waals surface area contributed by atoms with Crippen molar-refractivity contribution in [3.05, 3.63) is 35.1 Å². The lowest BCUT2D eigenvalue weighted by atomic mass is 10.0. The van der Waals surface area contributed by atoms with Gasteiger partial charge in [0.25, 0.3) is 0 Å². The van der Waals surface area contributed by atoms with E-state index in [0.29, 0.717) is 12.5 Å². The van der Waals surface area contributed by atoms with Crippen molar-refractivity contribution in [2.24, 2.45) is 0 Å². The summed E-state index contributed by atoms with van der Waals surface area (Å²) in [6, 6.07) is 1.43. The average Bonchev–Trinajstić information content (AvgIpc) is 2.38. The molecule has 0 amide bonds. The lowest BCUT2D eigenvalue weighted by Gasteiger charge is -2.34. The minimum atomic E-state index is -1.13. The smallest absolute Gasteiger partial charge is 0.161 e. The van der Waals surface area contributed by atoms with Gasteiger partial charge in [-0.2, -0.15) is 0 Å². The zero-order chi connectivity index (χ0) is 13.1. The maximum Gasteiger partial charge on any atom is 0.161 e. The Balaban J connectivity index is 2.28. The van der Waals surface area contributed by atoms with Crippen molar-refractivity contribution in [3.8, 4) is 0 Å². The van der Waals surface area contributed by atoms with Crippen LogP contribution in [-0.4, -0.2) is 31.1 Å². The minimum absolute atomic E-state index is 0.192. The van der Waals surface area contributed by atoms with E-state index in [0.717, 1.165) is 32.2 Å². The van der Waals surface area contributed by atoms with Gasteiger partial charge >= 0.3 is 0 Å². The largest absolute Gasteiger partial charge is 0.314 e. The van der Waals surface area contributed by atoms with Crippen LogP contribution >= 0.6 is 0 Å². The number of nitrogens with one attached hydrogen (secondary N) is 1. The van der Waals surface area contributed by atoms with E-state index in [2.05, 4.69) is 10.2 Å². The van der Waals surface area contributed by atoms with Crippen LogP contribution in [0.1, 0.15) is 24.9 Å². The molecule has 1 atom stereocenters. The molecule has 1 heterocycles. The third-order valence-electron chi connectivity index (χ3n) is 3.38. The third kappa shape index (κ3) is 2.67. The Morgan fingerprint density at radius 1 is 1.11 bits per heavy atom. The molecule has 0 aliphatic carbocycles. The topological polar surface area (TPSA) is 15.3 Å². The lowest BCUT2D eigenvalue weighted by molar-refractivity contribution is 0.165. The first kappa shape index (κ1) is 13.4. The Bertz CT molecular complexity index is 417. The quantitative estimate of drug-likeness (QED) is 0.838. The summed E-state index contributed by atoms with van der Waals surface area (Å²) in [6.07, 6.45) is 0.669. The van der Waals surface area contributed by atoms with Crippen LogP contribution in [0, 0.1) is 17.5 Å². The van der Waals surface area contributed by atoms with E-state index in [1.807, 2.05) is 6.92 Å². The molecule has 0 radical (unpaired) electrons. The fourth-order valence-corrected chi connectivity index (χ4v) is 2.46. The van der Waals surface area contributed by atoms with Crippen LogP contribution < -0.4 is 5.32 Å². The van der Waals surface area contributed by atoms with Gasteiger partial charge in [0, 0.05) is 43.9 Å². The Morgan fingerprint density at radius 2 is 1.72 bits per heavy atom. The molecule has 1 fully saturated rings. The highest BCUT2D eigenvalue weighted by Gasteiger charge is 2.24. The highest BCUT2D eigenvalue weighted by atomic mass is 19.2. The summed E-state index contributed by atoms with van der Waals surface area (Å²) in [6.45, 7) is 5.17. The zero-order valence-electron chi connectivity index (χ0n) is 10.3. The molecule has 5 heteroatoms. The first-order valence-corrected chi connectivity index (χ1v) is 6.22. The number of hydrogen-bond donors (Lipinski definition) is 1. The second-order valence-electron chi connectivity index (χ2n) is 4.50. The van der Waals surface area contributed by atoms with Gasteiger partial charge in [-0.15, -0.1) is 0 Å². The van der Waals surface area contributed by atoms with Crippen molar-refractivity contribution < 1.29 is 13.2 Å². The molecule has 1 aromatic rings. The van der Waals surface area contributed by atoms with Crippen molar-refractivity contribution in [2.75, 3.05) is 26.2 Å². The summed E-state index contributed by atoms with van der Waals surface area (Å²) < 4.78 is 40.0. The Morgan fingerprint density at radius 3 is 2.33 bits per heavy atom. The molecule has 1 saturated heterocycles. The van der Waals surface area contributed by atoms with Crippen LogP contribution in [0.4, 0.5) is 13.2 Å². The molecule has 0 spiro atoms.